The Bertz CT molecular complexity index is 595. The minimum atomic E-state index is 1.16. The summed E-state index contributed by atoms with van der Waals surface area (Å²) in [7, 11) is 0. The molecule has 3 rings (SSSR count). The van der Waals surface area contributed by atoms with Crippen molar-refractivity contribution in [1.82, 2.24) is 0 Å². The number of rotatable bonds is 0. The van der Waals surface area contributed by atoms with Crippen LogP contribution < -0.4 is 0 Å². The fourth-order valence-electron chi connectivity index (χ4n) is 2.45. The average Bonchev–Trinajstić information content (AvgIpc) is 2.55. The minimum absolute atomic E-state index is 1.16. The van der Waals surface area contributed by atoms with Crippen LogP contribution in [0, 0.1) is 0 Å². The van der Waals surface area contributed by atoms with Gasteiger partial charge in [0.25, 0.3) is 0 Å². The van der Waals surface area contributed by atoms with Gasteiger partial charge in [0.2, 0.25) is 0 Å². The summed E-state index contributed by atoms with van der Waals surface area (Å²) in [5.74, 6) is 0. The zero-order chi connectivity index (χ0) is 10.4. The molecule has 2 aromatic carbocycles. The van der Waals surface area contributed by atoms with E-state index in [-0.39, 0.29) is 0 Å². The van der Waals surface area contributed by atoms with Crippen molar-refractivity contribution in [2.75, 3.05) is 0 Å². The van der Waals surface area contributed by atoms with E-state index in [0.29, 0.717) is 0 Å². The Morgan fingerprint density at radius 3 is 2.33 bits per heavy atom. The Morgan fingerprint density at radius 1 is 1.00 bits per heavy atom. The summed E-state index contributed by atoms with van der Waals surface area (Å²) in [5.41, 5.74) is 5.05. The van der Waals surface area contributed by atoms with Crippen LogP contribution in [0.4, 0.5) is 0 Å². The van der Waals surface area contributed by atoms with Crippen molar-refractivity contribution in [3.8, 4) is 0 Å². The topological polar surface area (TPSA) is 0 Å². The van der Waals surface area contributed by atoms with Gasteiger partial charge in [-0.25, -0.2) is 0 Å². The van der Waals surface area contributed by atoms with Gasteiger partial charge >= 0.3 is 0 Å². The summed E-state index contributed by atoms with van der Waals surface area (Å²) in [5, 5.41) is 2.67. The third-order valence-electron chi connectivity index (χ3n) is 3.13. The van der Waals surface area contributed by atoms with Crippen molar-refractivity contribution in [3.63, 3.8) is 0 Å². The predicted octanol–water partition coefficient (Wildman–Crippen LogP) is 4.27. The first kappa shape index (κ1) is 8.49. The molecule has 0 saturated carbocycles. The maximum Gasteiger partial charge on any atom is -0.00267 e. The quantitative estimate of drug-likeness (QED) is 0.584. The Kier molecular flexibility index (Phi) is 1.60. The van der Waals surface area contributed by atoms with Crippen molar-refractivity contribution in [1.29, 1.82) is 0 Å². The Morgan fingerprint density at radius 2 is 1.67 bits per heavy atom. The van der Waals surface area contributed by atoms with Crippen LogP contribution in [0.25, 0.3) is 21.9 Å². The average molecular weight is 192 g/mol. The Hall–Kier alpha value is -1.82. The highest BCUT2D eigenvalue weighted by Gasteiger charge is 2.20. The first-order valence-electron chi connectivity index (χ1n) is 5.21. The smallest absolute Gasteiger partial charge is 0.00267 e. The minimum Gasteiger partial charge on any atom is -0.0905 e. The van der Waals surface area contributed by atoms with E-state index in [1.807, 2.05) is 0 Å². The van der Waals surface area contributed by atoms with E-state index in [2.05, 4.69) is 56.0 Å². The molecular weight excluding hydrogens is 180 g/mol. The molecule has 0 saturated heterocycles. The molecule has 0 heterocycles. The maximum atomic E-state index is 4.18. The lowest BCUT2D eigenvalue weighted by atomic mass is 10.0. The Balaban J connectivity index is 2.56. The van der Waals surface area contributed by atoms with Crippen molar-refractivity contribution in [2.45, 2.75) is 6.92 Å². The third kappa shape index (κ3) is 0.964. The first-order valence-corrected chi connectivity index (χ1v) is 5.21. The molecule has 0 aliphatic heterocycles. The van der Waals surface area contributed by atoms with Crippen molar-refractivity contribution >= 4 is 21.9 Å². The van der Waals surface area contributed by atoms with Gasteiger partial charge in [-0.2, -0.15) is 0 Å². The fourth-order valence-corrected chi connectivity index (χ4v) is 2.45. The molecule has 0 unspecified atom stereocenters. The molecule has 0 aromatic heterocycles. The molecule has 2 aromatic rings. The molecule has 72 valence electrons. The van der Waals surface area contributed by atoms with Gasteiger partial charge in [0.1, 0.15) is 0 Å². The standard InChI is InChI=1S/C15H12/c1-3-12-10(2)13-8-4-6-11-7-5-9-14(12)15(11)13/h3-9H,2H2,1H3. The third-order valence-corrected chi connectivity index (χ3v) is 3.13. The molecule has 0 nitrogen and oxygen atoms in total. The molecule has 0 radical (unpaired) electrons. The van der Waals surface area contributed by atoms with Crippen LogP contribution >= 0.6 is 0 Å². The van der Waals surface area contributed by atoms with E-state index in [4.69, 9.17) is 0 Å². The second kappa shape index (κ2) is 2.83. The molecule has 0 spiro atoms. The summed E-state index contributed by atoms with van der Waals surface area (Å²) in [4.78, 5) is 0. The van der Waals surface area contributed by atoms with E-state index in [9.17, 15) is 0 Å². The van der Waals surface area contributed by atoms with Gasteiger partial charge in [-0.05, 0) is 40.0 Å². The molecule has 0 heteroatoms. The summed E-state index contributed by atoms with van der Waals surface area (Å²) in [6.07, 6.45) is 2.15. The van der Waals surface area contributed by atoms with Gasteiger partial charge in [0.05, 0.1) is 0 Å². The second-order valence-electron chi connectivity index (χ2n) is 3.89. The highest BCUT2D eigenvalue weighted by molar-refractivity contribution is 6.21. The lowest BCUT2D eigenvalue weighted by Crippen LogP contribution is -1.76. The molecule has 1 aliphatic rings. The fraction of sp³-hybridized carbons (Fsp3) is 0.0667. The van der Waals surface area contributed by atoms with Crippen LogP contribution in [0.2, 0.25) is 0 Å². The summed E-state index contributed by atoms with van der Waals surface area (Å²) >= 11 is 0. The van der Waals surface area contributed by atoms with E-state index in [1.54, 1.807) is 0 Å². The largest absolute Gasteiger partial charge is 0.0905 e. The summed E-state index contributed by atoms with van der Waals surface area (Å²) in [6.45, 7) is 6.25. The van der Waals surface area contributed by atoms with Crippen LogP contribution in [-0.4, -0.2) is 0 Å². The predicted molar refractivity (Wildman–Crippen MR) is 66.6 cm³/mol. The van der Waals surface area contributed by atoms with E-state index in [0.717, 1.165) is 5.57 Å². The molecule has 0 fully saturated rings. The number of hydrogen-bond donors (Lipinski definition) is 0. The lowest BCUT2D eigenvalue weighted by molar-refractivity contribution is 1.70. The number of allylic oxidation sites excluding steroid dienone is 3. The number of hydrogen-bond acceptors (Lipinski definition) is 0. The van der Waals surface area contributed by atoms with Crippen molar-refractivity contribution in [3.05, 3.63) is 60.2 Å². The van der Waals surface area contributed by atoms with Gasteiger partial charge in [0.15, 0.2) is 0 Å². The molecule has 0 bridgehead atoms. The second-order valence-corrected chi connectivity index (χ2v) is 3.89. The van der Waals surface area contributed by atoms with Crippen LogP contribution in [0.5, 0.6) is 0 Å². The van der Waals surface area contributed by atoms with Gasteiger partial charge in [-0.15, -0.1) is 0 Å². The molecule has 0 amide bonds. The van der Waals surface area contributed by atoms with Crippen LogP contribution in [0.3, 0.4) is 0 Å². The van der Waals surface area contributed by atoms with Gasteiger partial charge in [-0.1, -0.05) is 49.1 Å². The van der Waals surface area contributed by atoms with Gasteiger partial charge in [0, 0.05) is 0 Å². The maximum absolute atomic E-state index is 4.18. The molecular formula is C15H12. The molecule has 15 heavy (non-hydrogen) atoms. The van der Waals surface area contributed by atoms with Crippen molar-refractivity contribution in [2.24, 2.45) is 0 Å². The zero-order valence-electron chi connectivity index (χ0n) is 8.75. The highest BCUT2D eigenvalue weighted by Crippen LogP contribution is 2.44. The SMILES string of the molecule is C=C1C(=CC)c2cccc3cccc1c23. The van der Waals surface area contributed by atoms with Crippen LogP contribution in [0.15, 0.2) is 49.1 Å². The van der Waals surface area contributed by atoms with E-state index < -0.39 is 0 Å². The molecule has 0 N–H and O–H groups in total. The van der Waals surface area contributed by atoms with Gasteiger partial charge < -0.3 is 0 Å². The summed E-state index contributed by atoms with van der Waals surface area (Å²) in [6, 6.07) is 12.9. The van der Waals surface area contributed by atoms with Crippen LogP contribution in [-0.2, 0) is 0 Å². The Labute approximate surface area is 89.6 Å². The van der Waals surface area contributed by atoms with Crippen molar-refractivity contribution < 1.29 is 0 Å². The normalized spacial score (nSPS) is 16.6. The lowest BCUT2D eigenvalue weighted by Gasteiger charge is -1.99. The van der Waals surface area contributed by atoms with Crippen LogP contribution in [0.1, 0.15) is 18.1 Å². The van der Waals surface area contributed by atoms with Gasteiger partial charge in [-0.3, -0.25) is 0 Å². The summed E-state index contributed by atoms with van der Waals surface area (Å²) < 4.78 is 0. The van der Waals surface area contributed by atoms with E-state index in [1.165, 1.54) is 27.5 Å². The number of benzene rings is 2. The monoisotopic (exact) mass is 192 g/mol. The zero-order valence-corrected chi connectivity index (χ0v) is 8.75. The molecule has 0 atom stereocenters. The molecule has 1 aliphatic carbocycles. The first-order chi connectivity index (χ1) is 7.33. The highest BCUT2D eigenvalue weighted by atomic mass is 14.2. The van der Waals surface area contributed by atoms with E-state index >= 15 is 0 Å².